The smallest absolute Gasteiger partial charge is 0.188 e. The minimum absolute atomic E-state index is 0.572. The fourth-order valence-electron chi connectivity index (χ4n) is 8.31. The Balaban J connectivity index is 1.18. The summed E-state index contributed by atoms with van der Waals surface area (Å²) in [4.78, 5) is 19.1. The summed E-state index contributed by atoms with van der Waals surface area (Å²) in [5, 5.41) is 4.45. The Morgan fingerprint density at radius 2 is 0.914 bits per heavy atom. The molecule has 0 aliphatic carbocycles. The van der Waals surface area contributed by atoms with Gasteiger partial charge >= 0.3 is 0 Å². The number of hydrogen-bond acceptors (Lipinski definition) is 3. The van der Waals surface area contributed by atoms with Crippen LogP contribution in [0.4, 0.5) is 5.69 Å². The third kappa shape index (κ3) is 5.45. The summed E-state index contributed by atoms with van der Waals surface area (Å²) in [6, 6.07) is 67.0. The Labute approximate surface area is 334 Å². The van der Waals surface area contributed by atoms with Crippen LogP contribution in [0.3, 0.4) is 0 Å². The fraction of sp³-hybridized carbons (Fsp3) is 0. The Bertz CT molecular complexity index is 3340. The van der Waals surface area contributed by atoms with Crippen molar-refractivity contribution in [2.75, 3.05) is 0 Å². The molecular formula is C52H32N6. The molecule has 0 atom stereocenters. The van der Waals surface area contributed by atoms with E-state index < -0.39 is 0 Å². The summed E-state index contributed by atoms with van der Waals surface area (Å²) in [5.41, 5.74) is 11.8. The summed E-state index contributed by atoms with van der Waals surface area (Å²) in [5.74, 6) is 1.78. The fourth-order valence-corrected chi connectivity index (χ4v) is 8.31. The highest BCUT2D eigenvalue weighted by atomic mass is 15.1. The second-order valence-corrected chi connectivity index (χ2v) is 14.4. The molecule has 0 N–H and O–H groups in total. The molecule has 6 heteroatoms. The van der Waals surface area contributed by atoms with Gasteiger partial charge in [-0.05, 0) is 65.0 Å². The first-order valence-corrected chi connectivity index (χ1v) is 19.2. The van der Waals surface area contributed by atoms with Crippen molar-refractivity contribution in [1.82, 2.24) is 24.1 Å². The molecule has 270 valence electrons. The molecule has 8 aromatic carbocycles. The van der Waals surface area contributed by atoms with Gasteiger partial charge in [0.15, 0.2) is 23.2 Å². The van der Waals surface area contributed by atoms with Crippen LogP contribution in [0.5, 0.6) is 0 Å². The van der Waals surface area contributed by atoms with Gasteiger partial charge in [-0.1, -0.05) is 146 Å². The van der Waals surface area contributed by atoms with Crippen molar-refractivity contribution in [3.8, 4) is 56.7 Å². The highest BCUT2D eigenvalue weighted by Gasteiger charge is 2.21. The first-order valence-electron chi connectivity index (χ1n) is 19.2. The van der Waals surface area contributed by atoms with E-state index in [2.05, 4.69) is 129 Å². The quantitative estimate of drug-likeness (QED) is 0.160. The van der Waals surface area contributed by atoms with Crippen LogP contribution in [0, 0.1) is 6.57 Å². The van der Waals surface area contributed by atoms with Gasteiger partial charge in [0, 0.05) is 38.5 Å². The van der Waals surface area contributed by atoms with Crippen LogP contribution in [0.1, 0.15) is 0 Å². The van der Waals surface area contributed by atoms with Gasteiger partial charge in [0.05, 0.1) is 34.3 Å². The third-order valence-electron chi connectivity index (χ3n) is 11.0. The van der Waals surface area contributed by atoms with Gasteiger partial charge in [0.2, 0.25) is 0 Å². The molecule has 0 saturated carbocycles. The lowest BCUT2D eigenvalue weighted by Gasteiger charge is -2.15. The lowest BCUT2D eigenvalue weighted by molar-refractivity contribution is 1.06. The molecule has 58 heavy (non-hydrogen) atoms. The average Bonchev–Trinajstić information content (AvgIpc) is 3.81. The van der Waals surface area contributed by atoms with Crippen molar-refractivity contribution < 1.29 is 0 Å². The Kier molecular flexibility index (Phi) is 7.76. The van der Waals surface area contributed by atoms with E-state index in [1.54, 1.807) is 0 Å². The molecule has 0 aliphatic rings. The van der Waals surface area contributed by atoms with Crippen LogP contribution in [-0.2, 0) is 0 Å². The molecule has 11 aromatic rings. The lowest BCUT2D eigenvalue weighted by Crippen LogP contribution is -2.03. The highest BCUT2D eigenvalue weighted by molar-refractivity contribution is 6.13. The van der Waals surface area contributed by atoms with Crippen LogP contribution in [0.15, 0.2) is 194 Å². The normalized spacial score (nSPS) is 11.4. The summed E-state index contributed by atoms with van der Waals surface area (Å²) >= 11 is 0. The number of fused-ring (bicyclic) bond motifs is 6. The number of benzene rings is 8. The van der Waals surface area contributed by atoms with Crippen LogP contribution in [-0.4, -0.2) is 24.1 Å². The maximum atomic E-state index is 7.88. The van der Waals surface area contributed by atoms with Gasteiger partial charge in [0.25, 0.3) is 0 Å². The van der Waals surface area contributed by atoms with E-state index in [-0.39, 0.29) is 0 Å². The number of aromatic nitrogens is 5. The van der Waals surface area contributed by atoms with Crippen molar-refractivity contribution >= 4 is 49.3 Å². The van der Waals surface area contributed by atoms with Gasteiger partial charge in [-0.2, -0.15) is 0 Å². The van der Waals surface area contributed by atoms with E-state index in [4.69, 9.17) is 21.5 Å². The molecule has 0 bridgehead atoms. The minimum atomic E-state index is 0.572. The molecule has 6 nitrogen and oxygen atoms in total. The first-order chi connectivity index (χ1) is 28.7. The molecule has 0 amide bonds. The van der Waals surface area contributed by atoms with Crippen molar-refractivity contribution in [1.29, 1.82) is 0 Å². The van der Waals surface area contributed by atoms with E-state index in [1.807, 2.05) is 78.9 Å². The third-order valence-corrected chi connectivity index (χ3v) is 11.0. The number of hydrogen-bond donors (Lipinski definition) is 0. The maximum absolute atomic E-state index is 7.88. The molecule has 0 fully saturated rings. The second kappa shape index (κ2) is 13.6. The van der Waals surface area contributed by atoms with E-state index in [9.17, 15) is 0 Å². The zero-order valence-electron chi connectivity index (χ0n) is 31.2. The number of para-hydroxylation sites is 2. The monoisotopic (exact) mass is 740 g/mol. The topological polar surface area (TPSA) is 52.9 Å². The lowest BCUT2D eigenvalue weighted by atomic mass is 10.0. The van der Waals surface area contributed by atoms with E-state index in [1.165, 1.54) is 16.3 Å². The number of rotatable bonds is 6. The van der Waals surface area contributed by atoms with Gasteiger partial charge < -0.3 is 9.13 Å². The summed E-state index contributed by atoms with van der Waals surface area (Å²) < 4.78 is 4.67. The highest BCUT2D eigenvalue weighted by Crippen LogP contribution is 2.40. The molecule has 3 heterocycles. The van der Waals surface area contributed by atoms with Crippen molar-refractivity contribution in [3.63, 3.8) is 0 Å². The molecular weight excluding hydrogens is 709 g/mol. The minimum Gasteiger partial charge on any atom is -0.309 e. The predicted octanol–water partition coefficient (Wildman–Crippen LogP) is 13.3. The molecule has 0 spiro atoms. The Hall–Kier alpha value is -8.14. The summed E-state index contributed by atoms with van der Waals surface area (Å²) in [6.07, 6.45) is 0. The SMILES string of the molecule is [C-]#[N+]c1ccc2c(c1)c1ccc(-n3c4ccccc4c4ccc(-c5ccccc5)cc43)cc1n2-c1ccccc1-c1nc(-c2ccccc2)nc(-c2ccccc2)n1. The summed E-state index contributed by atoms with van der Waals surface area (Å²) in [6.45, 7) is 7.88. The molecule has 0 saturated heterocycles. The summed E-state index contributed by atoms with van der Waals surface area (Å²) in [7, 11) is 0. The molecule has 3 aromatic heterocycles. The van der Waals surface area contributed by atoms with Crippen molar-refractivity contribution in [3.05, 3.63) is 206 Å². The molecule has 11 rings (SSSR count). The molecule has 0 aliphatic heterocycles. The molecule has 0 unspecified atom stereocenters. The Morgan fingerprint density at radius 3 is 1.64 bits per heavy atom. The predicted molar refractivity (Wildman–Crippen MR) is 237 cm³/mol. The van der Waals surface area contributed by atoms with Crippen LogP contribution < -0.4 is 0 Å². The number of nitrogens with zero attached hydrogens (tertiary/aromatic N) is 6. The van der Waals surface area contributed by atoms with Crippen LogP contribution in [0.25, 0.3) is 105 Å². The largest absolute Gasteiger partial charge is 0.309 e. The van der Waals surface area contributed by atoms with E-state index >= 15 is 0 Å². The second-order valence-electron chi connectivity index (χ2n) is 14.4. The van der Waals surface area contributed by atoms with Crippen LogP contribution >= 0.6 is 0 Å². The van der Waals surface area contributed by atoms with Gasteiger partial charge in [-0.3, -0.25) is 0 Å². The zero-order chi connectivity index (χ0) is 38.6. The average molecular weight is 741 g/mol. The van der Waals surface area contributed by atoms with Crippen LogP contribution in [0.2, 0.25) is 0 Å². The standard InChI is InChI=1S/C52H32N6/c1-53-38-26-30-47-44(32-38)42-29-27-39(57-45-23-13-11-21-40(45)41-28-25-37(31-48(41)57)34-15-5-2-6-16-34)33-49(42)58(47)46-24-14-12-22-43(46)52-55-50(35-17-7-3-8-18-35)54-51(56-52)36-19-9-4-10-20-36/h2-33H. The Morgan fingerprint density at radius 1 is 0.362 bits per heavy atom. The van der Waals surface area contributed by atoms with E-state index in [0.29, 0.717) is 23.2 Å². The molecule has 0 radical (unpaired) electrons. The van der Waals surface area contributed by atoms with Gasteiger partial charge in [0.1, 0.15) is 0 Å². The van der Waals surface area contributed by atoms with Crippen molar-refractivity contribution in [2.24, 2.45) is 0 Å². The van der Waals surface area contributed by atoms with E-state index in [0.717, 1.165) is 66.5 Å². The zero-order valence-corrected chi connectivity index (χ0v) is 31.2. The maximum Gasteiger partial charge on any atom is 0.188 e. The van der Waals surface area contributed by atoms with Crippen molar-refractivity contribution in [2.45, 2.75) is 0 Å². The van der Waals surface area contributed by atoms with Gasteiger partial charge in [-0.25, -0.2) is 19.8 Å². The first kappa shape index (κ1) is 33.2. The van der Waals surface area contributed by atoms with Gasteiger partial charge in [-0.15, -0.1) is 0 Å².